The number of aromatic hydroxyl groups is 1. The summed E-state index contributed by atoms with van der Waals surface area (Å²) in [5.41, 5.74) is 5.74. The highest BCUT2D eigenvalue weighted by Crippen LogP contribution is 2.23. The van der Waals surface area contributed by atoms with Gasteiger partial charge in [-0.3, -0.25) is 4.79 Å². The van der Waals surface area contributed by atoms with Crippen LogP contribution in [0.2, 0.25) is 0 Å². The van der Waals surface area contributed by atoms with E-state index in [1.807, 2.05) is 6.92 Å². The fraction of sp³-hybridized carbons (Fsp3) is 0.385. The molecule has 0 saturated carbocycles. The molecule has 1 atom stereocenters. The molecule has 0 aliphatic carbocycles. The predicted molar refractivity (Wildman–Crippen MR) is 80.0 cm³/mol. The Morgan fingerprint density at radius 2 is 2.20 bits per heavy atom. The molecule has 0 aliphatic heterocycles. The molecule has 1 rings (SSSR count). The number of amidine groups is 1. The van der Waals surface area contributed by atoms with Crippen molar-refractivity contribution < 1.29 is 15.1 Å². The molecule has 0 heterocycles. The first-order valence-electron chi connectivity index (χ1n) is 6.15. The minimum absolute atomic E-state index is 0.0660. The van der Waals surface area contributed by atoms with E-state index in [1.165, 1.54) is 11.0 Å². The molecular weight excluding hydrogens is 326 g/mol. The lowest BCUT2D eigenvalue weighted by Crippen LogP contribution is -2.38. The number of hydrogen-bond donors (Lipinski definition) is 3. The molecule has 1 aromatic rings. The second-order valence-electron chi connectivity index (χ2n) is 4.43. The number of hydrogen-bond acceptors (Lipinski definition) is 4. The van der Waals surface area contributed by atoms with E-state index in [0.717, 1.165) is 0 Å². The van der Waals surface area contributed by atoms with E-state index in [-0.39, 0.29) is 29.0 Å². The Balaban J connectivity index is 2.92. The molecule has 6 nitrogen and oxygen atoms in total. The average Bonchev–Trinajstić information content (AvgIpc) is 2.42. The smallest absolute Gasteiger partial charge is 0.257 e. The SMILES string of the molecule is CCN(CC(C)C(N)=NO)C(=O)c1ccc(Br)cc1O. The summed E-state index contributed by atoms with van der Waals surface area (Å²) in [4.78, 5) is 13.9. The Labute approximate surface area is 126 Å². The van der Waals surface area contributed by atoms with Crippen LogP contribution in [0.25, 0.3) is 0 Å². The summed E-state index contributed by atoms with van der Waals surface area (Å²) in [6, 6.07) is 4.71. The fourth-order valence-electron chi connectivity index (χ4n) is 1.73. The number of oxime groups is 1. The van der Waals surface area contributed by atoms with Gasteiger partial charge in [-0.1, -0.05) is 28.0 Å². The van der Waals surface area contributed by atoms with Crippen molar-refractivity contribution in [2.75, 3.05) is 13.1 Å². The van der Waals surface area contributed by atoms with Crippen molar-refractivity contribution in [2.45, 2.75) is 13.8 Å². The topological polar surface area (TPSA) is 99.1 Å². The summed E-state index contributed by atoms with van der Waals surface area (Å²) in [5.74, 6) is -0.591. The van der Waals surface area contributed by atoms with Crippen LogP contribution in [-0.4, -0.2) is 40.0 Å². The molecular formula is C13H18BrN3O3. The van der Waals surface area contributed by atoms with Gasteiger partial charge in [0, 0.05) is 23.5 Å². The third-order valence-corrected chi connectivity index (χ3v) is 3.47. The Morgan fingerprint density at radius 1 is 1.55 bits per heavy atom. The lowest BCUT2D eigenvalue weighted by atomic mass is 10.1. The summed E-state index contributed by atoms with van der Waals surface area (Å²) < 4.78 is 0.694. The van der Waals surface area contributed by atoms with E-state index in [4.69, 9.17) is 10.9 Å². The van der Waals surface area contributed by atoms with Crippen LogP contribution in [0.1, 0.15) is 24.2 Å². The number of nitrogens with two attached hydrogens (primary N) is 1. The van der Waals surface area contributed by atoms with E-state index in [2.05, 4.69) is 21.1 Å². The zero-order valence-electron chi connectivity index (χ0n) is 11.4. The largest absolute Gasteiger partial charge is 0.507 e. The van der Waals surface area contributed by atoms with Crippen molar-refractivity contribution in [2.24, 2.45) is 16.8 Å². The summed E-state index contributed by atoms with van der Waals surface area (Å²) in [6.07, 6.45) is 0. The number of nitrogens with zero attached hydrogens (tertiary/aromatic N) is 2. The van der Waals surface area contributed by atoms with Crippen LogP contribution < -0.4 is 5.73 Å². The van der Waals surface area contributed by atoms with E-state index >= 15 is 0 Å². The Hall–Kier alpha value is -1.76. The minimum atomic E-state index is -0.296. The summed E-state index contributed by atoms with van der Waals surface area (Å²) in [6.45, 7) is 4.34. The molecule has 0 fully saturated rings. The number of benzene rings is 1. The highest BCUT2D eigenvalue weighted by atomic mass is 79.9. The van der Waals surface area contributed by atoms with E-state index in [1.54, 1.807) is 19.1 Å². The molecule has 0 saturated heterocycles. The van der Waals surface area contributed by atoms with Gasteiger partial charge in [-0.15, -0.1) is 0 Å². The van der Waals surface area contributed by atoms with Gasteiger partial charge in [0.2, 0.25) is 0 Å². The number of halogens is 1. The van der Waals surface area contributed by atoms with Crippen molar-refractivity contribution in [3.63, 3.8) is 0 Å². The Bertz CT molecular complexity index is 520. The van der Waals surface area contributed by atoms with E-state index in [9.17, 15) is 9.90 Å². The van der Waals surface area contributed by atoms with Gasteiger partial charge in [0.05, 0.1) is 5.56 Å². The Morgan fingerprint density at radius 3 is 2.70 bits per heavy atom. The second kappa shape index (κ2) is 7.14. The van der Waals surface area contributed by atoms with Crippen LogP contribution in [0.3, 0.4) is 0 Å². The molecule has 4 N–H and O–H groups in total. The van der Waals surface area contributed by atoms with Gasteiger partial charge in [-0.25, -0.2) is 0 Å². The molecule has 0 bridgehead atoms. The zero-order chi connectivity index (χ0) is 15.3. The molecule has 20 heavy (non-hydrogen) atoms. The quantitative estimate of drug-likeness (QED) is 0.329. The molecule has 1 unspecified atom stereocenters. The van der Waals surface area contributed by atoms with Crippen LogP contribution in [-0.2, 0) is 0 Å². The minimum Gasteiger partial charge on any atom is -0.507 e. The molecule has 1 aromatic carbocycles. The summed E-state index contributed by atoms with van der Waals surface area (Å²) in [5, 5.41) is 21.4. The van der Waals surface area contributed by atoms with Crippen LogP contribution in [0, 0.1) is 5.92 Å². The molecule has 0 aliphatic rings. The molecule has 0 spiro atoms. The maximum absolute atomic E-state index is 12.4. The van der Waals surface area contributed by atoms with Crippen LogP contribution in [0.4, 0.5) is 0 Å². The third kappa shape index (κ3) is 3.86. The number of phenols is 1. The van der Waals surface area contributed by atoms with Crippen molar-refractivity contribution in [3.05, 3.63) is 28.2 Å². The highest BCUT2D eigenvalue weighted by Gasteiger charge is 2.21. The summed E-state index contributed by atoms with van der Waals surface area (Å²) >= 11 is 3.22. The van der Waals surface area contributed by atoms with Gasteiger partial charge >= 0.3 is 0 Å². The highest BCUT2D eigenvalue weighted by molar-refractivity contribution is 9.10. The second-order valence-corrected chi connectivity index (χ2v) is 5.35. The molecule has 7 heteroatoms. The number of rotatable bonds is 5. The predicted octanol–water partition coefficient (Wildman–Crippen LogP) is 2.00. The average molecular weight is 344 g/mol. The normalized spacial score (nSPS) is 13.1. The molecule has 1 amide bonds. The van der Waals surface area contributed by atoms with E-state index < -0.39 is 0 Å². The van der Waals surface area contributed by atoms with Crippen LogP contribution >= 0.6 is 15.9 Å². The molecule has 110 valence electrons. The zero-order valence-corrected chi connectivity index (χ0v) is 13.0. The first kappa shape index (κ1) is 16.3. The van der Waals surface area contributed by atoms with Crippen molar-refractivity contribution in [1.29, 1.82) is 0 Å². The van der Waals surface area contributed by atoms with Gasteiger partial charge in [0.1, 0.15) is 11.6 Å². The number of carbonyl (C=O) groups excluding carboxylic acids is 1. The van der Waals surface area contributed by atoms with E-state index in [0.29, 0.717) is 17.6 Å². The lowest BCUT2D eigenvalue weighted by molar-refractivity contribution is 0.0750. The maximum Gasteiger partial charge on any atom is 0.257 e. The third-order valence-electron chi connectivity index (χ3n) is 2.97. The van der Waals surface area contributed by atoms with Gasteiger partial charge < -0.3 is 20.9 Å². The maximum atomic E-state index is 12.4. The number of phenolic OH excluding ortho intramolecular Hbond substituents is 1. The Kier molecular flexibility index (Phi) is 5.82. The van der Waals surface area contributed by atoms with Crippen molar-refractivity contribution >= 4 is 27.7 Å². The van der Waals surface area contributed by atoms with Gasteiger partial charge in [0.25, 0.3) is 5.91 Å². The van der Waals surface area contributed by atoms with Gasteiger partial charge in [-0.05, 0) is 25.1 Å². The van der Waals surface area contributed by atoms with Crippen LogP contribution in [0.15, 0.2) is 27.8 Å². The summed E-state index contributed by atoms with van der Waals surface area (Å²) in [7, 11) is 0. The standard InChI is InChI=1S/C13H18BrN3O3/c1-3-17(7-8(2)12(15)16-20)13(19)10-5-4-9(14)6-11(10)18/h4-6,8,18,20H,3,7H2,1-2H3,(H2,15,16). The van der Waals surface area contributed by atoms with Crippen molar-refractivity contribution in [1.82, 2.24) is 4.90 Å². The lowest BCUT2D eigenvalue weighted by Gasteiger charge is -2.24. The first-order chi connectivity index (χ1) is 9.40. The van der Waals surface area contributed by atoms with Gasteiger partial charge in [-0.2, -0.15) is 0 Å². The van der Waals surface area contributed by atoms with Gasteiger partial charge in [0.15, 0.2) is 0 Å². The molecule has 0 radical (unpaired) electrons. The number of carbonyl (C=O) groups is 1. The monoisotopic (exact) mass is 343 g/mol. The first-order valence-corrected chi connectivity index (χ1v) is 6.95. The van der Waals surface area contributed by atoms with Crippen molar-refractivity contribution in [3.8, 4) is 5.75 Å². The number of amides is 1. The fourth-order valence-corrected chi connectivity index (χ4v) is 2.08. The van der Waals surface area contributed by atoms with Crippen LogP contribution in [0.5, 0.6) is 5.75 Å². The molecule has 0 aromatic heterocycles.